The predicted molar refractivity (Wildman–Crippen MR) is 136 cm³/mol. The second-order valence-electron chi connectivity index (χ2n) is 9.48. The molecule has 1 rings (SSSR count). The van der Waals surface area contributed by atoms with Gasteiger partial charge in [0.2, 0.25) is 23.6 Å². The number of carbonyl (C=O) groups excluding carboxylic acids is 4. The summed E-state index contributed by atoms with van der Waals surface area (Å²) in [5, 5.41) is 26.4. The van der Waals surface area contributed by atoms with E-state index in [2.05, 4.69) is 16.0 Å². The van der Waals surface area contributed by atoms with Crippen molar-refractivity contribution in [2.45, 2.75) is 77.5 Å². The number of hydrogen-bond acceptors (Lipinski definition) is 7. The summed E-state index contributed by atoms with van der Waals surface area (Å²) in [5.74, 6) is -4.69. The minimum atomic E-state index is -1.25. The van der Waals surface area contributed by atoms with E-state index in [9.17, 15) is 34.2 Å². The number of rotatable bonds is 15. The van der Waals surface area contributed by atoms with Crippen molar-refractivity contribution in [1.82, 2.24) is 16.0 Å². The van der Waals surface area contributed by atoms with Gasteiger partial charge in [0.15, 0.2) is 0 Å². The number of primary amides is 1. The molecule has 12 nitrogen and oxygen atoms in total. The largest absolute Gasteiger partial charge is 0.508 e. The van der Waals surface area contributed by atoms with Crippen LogP contribution in [0.3, 0.4) is 0 Å². The van der Waals surface area contributed by atoms with Gasteiger partial charge in [0, 0.05) is 6.42 Å². The molecule has 5 unspecified atom stereocenters. The molecule has 37 heavy (non-hydrogen) atoms. The van der Waals surface area contributed by atoms with Crippen molar-refractivity contribution in [2.75, 3.05) is 0 Å². The molecule has 206 valence electrons. The zero-order valence-electron chi connectivity index (χ0n) is 21.7. The van der Waals surface area contributed by atoms with E-state index in [1.54, 1.807) is 39.8 Å². The molecule has 0 aliphatic carbocycles. The molecule has 0 fully saturated rings. The Balaban J connectivity index is 2.97. The number of carbonyl (C=O) groups is 5. The second-order valence-corrected chi connectivity index (χ2v) is 9.48. The van der Waals surface area contributed by atoms with Crippen molar-refractivity contribution >= 4 is 29.6 Å². The van der Waals surface area contributed by atoms with Crippen molar-refractivity contribution < 1.29 is 34.2 Å². The molecule has 0 aromatic heterocycles. The summed E-state index contributed by atoms with van der Waals surface area (Å²) >= 11 is 0. The molecule has 0 heterocycles. The first-order chi connectivity index (χ1) is 17.3. The summed E-state index contributed by atoms with van der Waals surface area (Å²) in [6.07, 6.45) is 0.268. The molecule has 0 saturated carbocycles. The molecule has 0 spiro atoms. The maximum atomic E-state index is 13.1. The molecule has 5 atom stereocenters. The second kappa shape index (κ2) is 14.8. The average Bonchev–Trinajstić information content (AvgIpc) is 2.83. The first kappa shape index (κ1) is 31.4. The first-order valence-electron chi connectivity index (χ1n) is 12.2. The van der Waals surface area contributed by atoms with Crippen LogP contribution in [0.25, 0.3) is 0 Å². The third-order valence-corrected chi connectivity index (χ3v) is 6.06. The molecule has 1 aromatic carbocycles. The van der Waals surface area contributed by atoms with Gasteiger partial charge in [-0.1, -0.05) is 46.2 Å². The fourth-order valence-electron chi connectivity index (χ4n) is 3.53. The number of aliphatic carboxylic acids is 1. The molecule has 12 heteroatoms. The lowest BCUT2D eigenvalue weighted by Gasteiger charge is -2.27. The Morgan fingerprint density at radius 2 is 1.46 bits per heavy atom. The fraction of sp³-hybridized carbons (Fsp3) is 0.560. The lowest BCUT2D eigenvalue weighted by Crippen LogP contribution is -2.59. The number of nitrogens with one attached hydrogen (secondary N) is 3. The number of hydrogen-bond donors (Lipinski definition) is 7. The minimum absolute atomic E-state index is 0.0760. The highest BCUT2D eigenvalue weighted by Crippen LogP contribution is 2.12. The number of carboxylic acids is 1. The maximum Gasteiger partial charge on any atom is 0.326 e. The van der Waals surface area contributed by atoms with E-state index in [-0.39, 0.29) is 30.9 Å². The normalized spacial score (nSPS) is 15.1. The Morgan fingerprint density at radius 1 is 0.892 bits per heavy atom. The van der Waals surface area contributed by atoms with Crippen LogP contribution in [0.15, 0.2) is 24.3 Å². The van der Waals surface area contributed by atoms with Gasteiger partial charge in [0.1, 0.15) is 23.9 Å². The van der Waals surface area contributed by atoms with Gasteiger partial charge in [-0.3, -0.25) is 19.2 Å². The molecule has 9 N–H and O–H groups in total. The Bertz CT molecular complexity index is 951. The van der Waals surface area contributed by atoms with Crippen LogP contribution in [-0.4, -0.2) is 64.0 Å². The fourth-order valence-corrected chi connectivity index (χ4v) is 3.53. The Hall–Kier alpha value is -3.67. The molecule has 0 saturated heterocycles. The molecule has 0 aliphatic heterocycles. The number of carboxylic acid groups (broad SMARTS) is 1. The topological polar surface area (TPSA) is 214 Å². The van der Waals surface area contributed by atoms with Crippen LogP contribution in [-0.2, 0) is 30.4 Å². The number of phenolic OH excluding ortho intramolecular Hbond substituents is 1. The standard InChI is InChI=1S/C25H39N5O7/c1-5-14(4)21(25(36)37)30-23(34)18(10-11-19(27)32)28-24(35)20(13(2)3)29-22(33)17(26)12-15-6-8-16(31)9-7-15/h6-9,13-14,17-18,20-21,31H,5,10-12,26H2,1-4H3,(H2,27,32)(H,28,35)(H,29,33)(H,30,34)(H,36,37). The first-order valence-corrected chi connectivity index (χ1v) is 12.2. The van der Waals surface area contributed by atoms with E-state index < -0.39 is 59.7 Å². The van der Waals surface area contributed by atoms with E-state index in [4.69, 9.17) is 11.5 Å². The summed E-state index contributed by atoms with van der Waals surface area (Å²) < 4.78 is 0. The average molecular weight is 522 g/mol. The highest BCUT2D eigenvalue weighted by Gasteiger charge is 2.33. The van der Waals surface area contributed by atoms with E-state index in [0.717, 1.165) is 0 Å². The van der Waals surface area contributed by atoms with Crippen molar-refractivity contribution in [3.8, 4) is 5.75 Å². The summed E-state index contributed by atoms with van der Waals surface area (Å²) in [5.41, 5.74) is 11.9. The Labute approximate surface area is 216 Å². The SMILES string of the molecule is CCC(C)C(NC(=O)C(CCC(N)=O)NC(=O)C(NC(=O)C(N)Cc1ccc(O)cc1)C(C)C)C(=O)O. The van der Waals surface area contributed by atoms with Gasteiger partial charge < -0.3 is 37.6 Å². The molecular formula is C25H39N5O7. The van der Waals surface area contributed by atoms with E-state index in [1.165, 1.54) is 12.1 Å². The van der Waals surface area contributed by atoms with Crippen LogP contribution < -0.4 is 27.4 Å². The molecule has 0 bridgehead atoms. The lowest BCUT2D eigenvalue weighted by molar-refractivity contribution is -0.144. The zero-order chi connectivity index (χ0) is 28.3. The van der Waals surface area contributed by atoms with Gasteiger partial charge in [0.05, 0.1) is 6.04 Å². The quantitative estimate of drug-likeness (QED) is 0.163. The Kier molecular flexibility index (Phi) is 12.5. The zero-order valence-corrected chi connectivity index (χ0v) is 21.7. The summed E-state index contributed by atoms with van der Waals surface area (Å²) in [7, 11) is 0. The van der Waals surface area contributed by atoms with E-state index >= 15 is 0 Å². The maximum absolute atomic E-state index is 13.1. The summed E-state index contributed by atoms with van der Waals surface area (Å²) in [4.78, 5) is 61.7. The van der Waals surface area contributed by atoms with Crippen LogP contribution in [0.2, 0.25) is 0 Å². The number of benzene rings is 1. The van der Waals surface area contributed by atoms with Gasteiger partial charge in [-0.25, -0.2) is 4.79 Å². The van der Waals surface area contributed by atoms with E-state index in [0.29, 0.717) is 12.0 Å². The molecule has 0 aliphatic rings. The van der Waals surface area contributed by atoms with Crippen LogP contribution in [0.1, 0.15) is 52.5 Å². The third-order valence-electron chi connectivity index (χ3n) is 6.06. The van der Waals surface area contributed by atoms with Gasteiger partial charge in [-0.05, 0) is 42.4 Å². The molecular weight excluding hydrogens is 482 g/mol. The molecule has 4 amide bonds. The highest BCUT2D eigenvalue weighted by molar-refractivity contribution is 5.94. The van der Waals surface area contributed by atoms with Crippen LogP contribution >= 0.6 is 0 Å². The van der Waals surface area contributed by atoms with Gasteiger partial charge in [-0.15, -0.1) is 0 Å². The number of phenols is 1. The Morgan fingerprint density at radius 3 is 1.95 bits per heavy atom. The predicted octanol–water partition coefficient (Wildman–Crippen LogP) is -0.231. The third kappa shape index (κ3) is 10.5. The minimum Gasteiger partial charge on any atom is -0.508 e. The van der Waals surface area contributed by atoms with Crippen molar-refractivity contribution in [2.24, 2.45) is 23.3 Å². The van der Waals surface area contributed by atoms with Gasteiger partial charge in [0.25, 0.3) is 0 Å². The highest BCUT2D eigenvalue weighted by atomic mass is 16.4. The number of amides is 4. The van der Waals surface area contributed by atoms with Crippen molar-refractivity contribution in [1.29, 1.82) is 0 Å². The lowest BCUT2D eigenvalue weighted by atomic mass is 9.98. The summed E-state index contributed by atoms with van der Waals surface area (Å²) in [6, 6.07) is 1.70. The van der Waals surface area contributed by atoms with Crippen LogP contribution in [0.5, 0.6) is 5.75 Å². The number of aromatic hydroxyl groups is 1. The molecule has 0 radical (unpaired) electrons. The smallest absolute Gasteiger partial charge is 0.326 e. The van der Waals surface area contributed by atoms with Crippen molar-refractivity contribution in [3.05, 3.63) is 29.8 Å². The molecule has 1 aromatic rings. The van der Waals surface area contributed by atoms with Crippen LogP contribution in [0.4, 0.5) is 0 Å². The van der Waals surface area contributed by atoms with Gasteiger partial charge >= 0.3 is 5.97 Å². The van der Waals surface area contributed by atoms with Crippen molar-refractivity contribution in [3.63, 3.8) is 0 Å². The summed E-state index contributed by atoms with van der Waals surface area (Å²) in [6.45, 7) is 6.83. The monoisotopic (exact) mass is 521 g/mol. The van der Waals surface area contributed by atoms with Gasteiger partial charge in [-0.2, -0.15) is 0 Å². The van der Waals surface area contributed by atoms with Crippen LogP contribution in [0, 0.1) is 11.8 Å². The van der Waals surface area contributed by atoms with E-state index in [1.807, 2.05) is 0 Å². The number of nitrogens with two attached hydrogens (primary N) is 2.